The SMILES string of the molecule is C(=C1CCCc2cnc3scn[n+]3c21)c1ccccc1.F[B-](F)(F)F. The number of allylic oxidation sites excluding steroid dienone is 1. The monoisotopic (exact) mass is 367 g/mol. The second-order valence-electron chi connectivity index (χ2n) is 5.49. The van der Waals surface area contributed by atoms with Gasteiger partial charge in [-0.3, -0.25) is 0 Å². The van der Waals surface area contributed by atoms with E-state index in [0.29, 0.717) is 0 Å². The molecule has 0 fully saturated rings. The van der Waals surface area contributed by atoms with Gasteiger partial charge in [0.15, 0.2) is 5.69 Å². The number of rotatable bonds is 1. The van der Waals surface area contributed by atoms with Crippen molar-refractivity contribution in [1.82, 2.24) is 10.1 Å². The van der Waals surface area contributed by atoms with Crippen LogP contribution in [-0.4, -0.2) is 17.3 Å². The van der Waals surface area contributed by atoms with Crippen LogP contribution < -0.4 is 4.52 Å². The minimum Gasteiger partial charge on any atom is -0.418 e. The van der Waals surface area contributed by atoms with Gasteiger partial charge >= 0.3 is 12.2 Å². The molecule has 0 atom stereocenters. The molecule has 1 aliphatic carbocycles. The zero-order chi connectivity index (χ0) is 17.9. The third-order valence-electron chi connectivity index (χ3n) is 3.69. The highest BCUT2D eigenvalue weighted by atomic mass is 32.1. The highest BCUT2D eigenvalue weighted by molar-refractivity contribution is 7.14. The predicted molar refractivity (Wildman–Crippen MR) is 90.5 cm³/mol. The van der Waals surface area contributed by atoms with Crippen LogP contribution in [0.2, 0.25) is 0 Å². The van der Waals surface area contributed by atoms with Crippen molar-refractivity contribution in [3.05, 3.63) is 58.9 Å². The second kappa shape index (κ2) is 7.31. The van der Waals surface area contributed by atoms with E-state index in [9.17, 15) is 17.3 Å². The van der Waals surface area contributed by atoms with Crippen LogP contribution in [0, 0.1) is 0 Å². The van der Waals surface area contributed by atoms with Crippen LogP contribution in [0.5, 0.6) is 0 Å². The molecule has 0 N–H and O–H groups in total. The Morgan fingerprint density at radius 3 is 2.52 bits per heavy atom. The molecule has 0 unspecified atom stereocenters. The third kappa shape index (κ3) is 4.63. The van der Waals surface area contributed by atoms with Gasteiger partial charge in [-0.25, -0.2) is 0 Å². The number of hydrogen-bond acceptors (Lipinski definition) is 3. The molecule has 3 nitrogen and oxygen atoms in total. The van der Waals surface area contributed by atoms with Crippen LogP contribution in [0.15, 0.2) is 42.0 Å². The molecule has 0 radical (unpaired) electrons. The molecule has 130 valence electrons. The molecule has 1 aromatic carbocycles. The Kier molecular flexibility index (Phi) is 5.12. The molecule has 0 amide bonds. The van der Waals surface area contributed by atoms with Crippen molar-refractivity contribution in [2.75, 3.05) is 0 Å². The molecular weight excluding hydrogens is 353 g/mol. The van der Waals surface area contributed by atoms with E-state index in [1.165, 1.54) is 28.8 Å². The summed E-state index contributed by atoms with van der Waals surface area (Å²) < 4.78 is 41.0. The van der Waals surface area contributed by atoms with Crippen LogP contribution in [0.1, 0.15) is 29.7 Å². The van der Waals surface area contributed by atoms with Crippen molar-refractivity contribution in [1.29, 1.82) is 0 Å². The summed E-state index contributed by atoms with van der Waals surface area (Å²) in [4.78, 5) is 5.45. The second-order valence-corrected chi connectivity index (χ2v) is 6.31. The van der Waals surface area contributed by atoms with Crippen LogP contribution in [0.25, 0.3) is 16.6 Å². The lowest BCUT2D eigenvalue weighted by molar-refractivity contribution is -0.581. The molecule has 0 spiro atoms. The Bertz CT molecular complexity index is 887. The average molecular weight is 367 g/mol. The van der Waals surface area contributed by atoms with E-state index in [1.807, 2.05) is 22.3 Å². The minimum absolute atomic E-state index is 0.963. The van der Waals surface area contributed by atoms with E-state index < -0.39 is 7.25 Å². The highest BCUT2D eigenvalue weighted by Gasteiger charge is 2.25. The highest BCUT2D eigenvalue weighted by Crippen LogP contribution is 2.29. The van der Waals surface area contributed by atoms with Gasteiger partial charge in [0.2, 0.25) is 0 Å². The fourth-order valence-corrected chi connectivity index (χ4v) is 3.38. The van der Waals surface area contributed by atoms with E-state index in [0.717, 1.165) is 17.8 Å². The van der Waals surface area contributed by atoms with Crippen molar-refractivity contribution >= 4 is 35.2 Å². The molecule has 2 heterocycles. The number of benzene rings is 1. The lowest BCUT2D eigenvalue weighted by atomic mass is 9.91. The average Bonchev–Trinajstić information content (AvgIpc) is 3.03. The molecule has 9 heteroatoms. The fraction of sp³-hybridized carbons (Fsp3) is 0.188. The largest absolute Gasteiger partial charge is 0.673 e. The quantitative estimate of drug-likeness (QED) is 0.361. The summed E-state index contributed by atoms with van der Waals surface area (Å²) in [5.41, 5.74) is 7.02. The summed E-state index contributed by atoms with van der Waals surface area (Å²) in [6, 6.07) is 10.5. The van der Waals surface area contributed by atoms with Crippen molar-refractivity contribution in [2.24, 2.45) is 0 Å². The number of aryl methyl sites for hydroxylation is 1. The number of fused-ring (bicyclic) bond motifs is 3. The predicted octanol–water partition coefficient (Wildman–Crippen LogP) is 4.45. The first-order chi connectivity index (χ1) is 11.9. The maximum Gasteiger partial charge on any atom is 0.673 e. The smallest absolute Gasteiger partial charge is 0.418 e. The summed E-state index contributed by atoms with van der Waals surface area (Å²) in [7, 11) is -6.00. The van der Waals surface area contributed by atoms with Crippen LogP contribution in [0.4, 0.5) is 17.3 Å². The van der Waals surface area contributed by atoms with Gasteiger partial charge in [-0.2, -0.15) is 0 Å². The van der Waals surface area contributed by atoms with Gasteiger partial charge in [-0.05, 0) is 47.2 Å². The third-order valence-corrected chi connectivity index (χ3v) is 4.37. The molecule has 0 saturated heterocycles. The Hall–Kier alpha value is -2.29. The maximum atomic E-state index is 9.75. The van der Waals surface area contributed by atoms with Gasteiger partial charge in [0.25, 0.3) is 0 Å². The number of aromatic nitrogens is 3. The van der Waals surface area contributed by atoms with Crippen LogP contribution >= 0.6 is 11.3 Å². The summed E-state index contributed by atoms with van der Waals surface area (Å²) >= 11 is 1.58. The van der Waals surface area contributed by atoms with Crippen molar-refractivity contribution in [3.63, 3.8) is 0 Å². The number of hydrogen-bond donors (Lipinski definition) is 0. The summed E-state index contributed by atoms with van der Waals surface area (Å²) in [5.74, 6) is 0. The van der Waals surface area contributed by atoms with E-state index in [-0.39, 0.29) is 0 Å². The molecule has 2 aromatic heterocycles. The van der Waals surface area contributed by atoms with Crippen molar-refractivity contribution in [3.8, 4) is 0 Å². The first-order valence-electron chi connectivity index (χ1n) is 7.68. The normalized spacial score (nSPS) is 15.6. The summed E-state index contributed by atoms with van der Waals surface area (Å²) in [6.07, 6.45) is 7.68. The van der Waals surface area contributed by atoms with Gasteiger partial charge in [0.1, 0.15) is 11.7 Å². The Balaban J connectivity index is 0.000000324. The fourth-order valence-electron chi connectivity index (χ4n) is 2.79. The van der Waals surface area contributed by atoms with Crippen LogP contribution in [0.3, 0.4) is 0 Å². The molecular formula is C16H14BF4N3S. The molecule has 25 heavy (non-hydrogen) atoms. The zero-order valence-corrected chi connectivity index (χ0v) is 13.9. The zero-order valence-electron chi connectivity index (χ0n) is 13.1. The lowest BCUT2D eigenvalue weighted by Crippen LogP contribution is -2.32. The molecule has 0 saturated carbocycles. The van der Waals surface area contributed by atoms with E-state index >= 15 is 0 Å². The summed E-state index contributed by atoms with van der Waals surface area (Å²) in [6.45, 7) is 0. The molecule has 3 aromatic rings. The Morgan fingerprint density at radius 2 is 1.80 bits per heavy atom. The molecule has 0 aliphatic heterocycles. The molecule has 1 aliphatic rings. The molecule has 4 rings (SSSR count). The van der Waals surface area contributed by atoms with Gasteiger partial charge in [-0.15, -0.1) is 0 Å². The van der Waals surface area contributed by atoms with Gasteiger partial charge in [-0.1, -0.05) is 39.9 Å². The van der Waals surface area contributed by atoms with Crippen LogP contribution in [-0.2, 0) is 6.42 Å². The topological polar surface area (TPSA) is 29.9 Å². The number of nitrogens with zero attached hydrogens (tertiary/aromatic N) is 3. The summed E-state index contributed by atoms with van der Waals surface area (Å²) in [5, 5.41) is 4.46. The van der Waals surface area contributed by atoms with E-state index in [2.05, 4.69) is 40.4 Å². The van der Waals surface area contributed by atoms with Gasteiger partial charge < -0.3 is 17.3 Å². The van der Waals surface area contributed by atoms with Gasteiger partial charge in [0, 0.05) is 11.1 Å². The Labute approximate surface area is 145 Å². The first-order valence-corrected chi connectivity index (χ1v) is 8.56. The lowest BCUT2D eigenvalue weighted by Gasteiger charge is -2.14. The first kappa shape index (κ1) is 17.5. The molecule has 0 bridgehead atoms. The van der Waals surface area contributed by atoms with Gasteiger partial charge in [0.05, 0.1) is 0 Å². The van der Waals surface area contributed by atoms with Crippen molar-refractivity contribution < 1.29 is 21.8 Å². The minimum atomic E-state index is -6.00. The van der Waals surface area contributed by atoms with E-state index in [1.54, 1.807) is 11.3 Å². The standard InChI is InChI=1S/C16H14N3S.BF4/c1-2-5-12(6-3-1)9-13-7-4-8-14-10-17-16-19(15(13)14)18-11-20-16;2-1(3,4)5/h1-3,5-6,9-11H,4,7-8H2;/q+1;-1. The van der Waals surface area contributed by atoms with Crippen molar-refractivity contribution in [2.45, 2.75) is 19.3 Å². The maximum absolute atomic E-state index is 9.75. The van der Waals surface area contributed by atoms with E-state index in [4.69, 9.17) is 0 Å². The Morgan fingerprint density at radius 1 is 1.08 bits per heavy atom. The number of halogens is 4.